The minimum atomic E-state index is 0.166. The molecule has 1 aliphatic heterocycles. The maximum absolute atomic E-state index is 9.09. The zero-order chi connectivity index (χ0) is 11.7. The van der Waals surface area contributed by atoms with E-state index >= 15 is 0 Å². The standard InChI is InChI=1S/C10H16N6/c1-2-16-9(13)8(5-11)10(14-16)15-4-3-7(12)6-15/h7H,2-4,6,12-13H2,1H3. The summed E-state index contributed by atoms with van der Waals surface area (Å²) in [7, 11) is 0. The Labute approximate surface area is 94.4 Å². The maximum Gasteiger partial charge on any atom is 0.170 e. The van der Waals surface area contributed by atoms with E-state index in [1.807, 2.05) is 11.8 Å². The number of nitrogens with zero attached hydrogens (tertiary/aromatic N) is 4. The number of nitrogen functional groups attached to an aromatic ring is 1. The van der Waals surface area contributed by atoms with Gasteiger partial charge in [0.15, 0.2) is 5.82 Å². The second kappa shape index (κ2) is 4.02. The first kappa shape index (κ1) is 10.8. The lowest BCUT2D eigenvalue weighted by Crippen LogP contribution is -2.27. The lowest BCUT2D eigenvalue weighted by Gasteiger charge is -2.14. The summed E-state index contributed by atoms with van der Waals surface area (Å²) in [6, 6.07) is 2.29. The molecule has 86 valence electrons. The predicted octanol–water partition coefficient (Wildman–Crippen LogP) is -0.106. The van der Waals surface area contributed by atoms with Gasteiger partial charge in [-0.25, -0.2) is 4.68 Å². The summed E-state index contributed by atoms with van der Waals surface area (Å²) in [5.74, 6) is 1.12. The average molecular weight is 220 g/mol. The maximum atomic E-state index is 9.09. The van der Waals surface area contributed by atoms with Crippen molar-refractivity contribution in [2.75, 3.05) is 23.7 Å². The molecule has 0 bridgehead atoms. The van der Waals surface area contributed by atoms with Crippen molar-refractivity contribution in [2.45, 2.75) is 25.9 Å². The van der Waals surface area contributed by atoms with Crippen LogP contribution in [0.5, 0.6) is 0 Å². The molecule has 1 fully saturated rings. The second-order valence-electron chi connectivity index (χ2n) is 4.01. The third kappa shape index (κ3) is 1.59. The van der Waals surface area contributed by atoms with Crippen LogP contribution in [-0.4, -0.2) is 28.9 Å². The third-order valence-corrected chi connectivity index (χ3v) is 2.91. The van der Waals surface area contributed by atoms with E-state index in [0.717, 1.165) is 19.5 Å². The number of aromatic nitrogens is 2. The van der Waals surface area contributed by atoms with E-state index in [0.29, 0.717) is 23.7 Å². The number of hydrogen-bond acceptors (Lipinski definition) is 5. The van der Waals surface area contributed by atoms with Crippen molar-refractivity contribution < 1.29 is 0 Å². The monoisotopic (exact) mass is 220 g/mol. The number of hydrogen-bond donors (Lipinski definition) is 2. The van der Waals surface area contributed by atoms with E-state index in [1.165, 1.54) is 0 Å². The molecule has 1 aromatic heterocycles. The topological polar surface area (TPSA) is 96.9 Å². The van der Waals surface area contributed by atoms with Gasteiger partial charge in [0.2, 0.25) is 0 Å². The molecule has 1 saturated heterocycles. The molecule has 2 rings (SSSR count). The van der Waals surface area contributed by atoms with Gasteiger partial charge in [-0.2, -0.15) is 10.4 Å². The van der Waals surface area contributed by atoms with E-state index in [1.54, 1.807) is 4.68 Å². The van der Waals surface area contributed by atoms with Crippen molar-refractivity contribution in [2.24, 2.45) is 5.73 Å². The van der Waals surface area contributed by atoms with Crippen LogP contribution in [0.1, 0.15) is 18.9 Å². The number of rotatable bonds is 2. The van der Waals surface area contributed by atoms with Crippen LogP contribution in [0, 0.1) is 11.3 Å². The fourth-order valence-electron chi connectivity index (χ4n) is 2.01. The van der Waals surface area contributed by atoms with Crippen molar-refractivity contribution >= 4 is 11.6 Å². The van der Waals surface area contributed by atoms with E-state index in [9.17, 15) is 0 Å². The highest BCUT2D eigenvalue weighted by atomic mass is 15.4. The molecular weight excluding hydrogens is 204 g/mol. The Morgan fingerprint density at radius 1 is 1.62 bits per heavy atom. The SMILES string of the molecule is CCn1nc(N2CCC(N)C2)c(C#N)c1N. The van der Waals surface area contributed by atoms with Gasteiger partial charge in [0, 0.05) is 25.7 Å². The van der Waals surface area contributed by atoms with Crippen molar-refractivity contribution in [1.82, 2.24) is 9.78 Å². The van der Waals surface area contributed by atoms with Gasteiger partial charge in [0.1, 0.15) is 17.5 Å². The van der Waals surface area contributed by atoms with Gasteiger partial charge in [-0.1, -0.05) is 0 Å². The van der Waals surface area contributed by atoms with Crippen molar-refractivity contribution in [3.63, 3.8) is 0 Å². The molecule has 0 radical (unpaired) electrons. The molecule has 1 atom stereocenters. The van der Waals surface area contributed by atoms with Gasteiger partial charge >= 0.3 is 0 Å². The molecule has 1 aliphatic rings. The van der Waals surface area contributed by atoms with Crippen molar-refractivity contribution in [3.05, 3.63) is 5.56 Å². The summed E-state index contributed by atoms with van der Waals surface area (Å²) < 4.78 is 1.65. The molecule has 4 N–H and O–H groups in total. The molecule has 1 aromatic rings. The minimum Gasteiger partial charge on any atom is -0.383 e. The lowest BCUT2D eigenvalue weighted by molar-refractivity contribution is 0.664. The van der Waals surface area contributed by atoms with Crippen LogP contribution >= 0.6 is 0 Å². The van der Waals surface area contributed by atoms with Gasteiger partial charge in [-0.15, -0.1) is 0 Å². The molecular formula is C10H16N6. The molecule has 1 unspecified atom stereocenters. The first-order valence-corrected chi connectivity index (χ1v) is 5.44. The molecule has 0 spiro atoms. The number of anilines is 2. The first-order chi connectivity index (χ1) is 7.67. The van der Waals surface area contributed by atoms with Gasteiger partial charge in [0.05, 0.1) is 0 Å². The van der Waals surface area contributed by atoms with Crippen LogP contribution in [0.3, 0.4) is 0 Å². The largest absolute Gasteiger partial charge is 0.383 e. The molecule has 0 aromatic carbocycles. The highest BCUT2D eigenvalue weighted by Crippen LogP contribution is 2.26. The Bertz CT molecular complexity index is 429. The molecule has 2 heterocycles. The Morgan fingerprint density at radius 2 is 2.38 bits per heavy atom. The predicted molar refractivity (Wildman–Crippen MR) is 61.8 cm³/mol. The quantitative estimate of drug-likeness (QED) is 0.725. The Kier molecular flexibility index (Phi) is 2.71. The van der Waals surface area contributed by atoms with Crippen molar-refractivity contribution in [3.8, 4) is 6.07 Å². The van der Waals surface area contributed by atoms with Gasteiger partial charge in [0.25, 0.3) is 0 Å². The number of nitrogens with two attached hydrogens (primary N) is 2. The van der Waals surface area contributed by atoms with Crippen LogP contribution in [0.2, 0.25) is 0 Å². The molecule has 16 heavy (non-hydrogen) atoms. The summed E-state index contributed by atoms with van der Waals surface area (Å²) in [6.07, 6.45) is 0.934. The summed E-state index contributed by atoms with van der Waals surface area (Å²) in [4.78, 5) is 2.03. The average Bonchev–Trinajstić information content (AvgIpc) is 2.82. The molecule has 6 heteroatoms. The summed E-state index contributed by atoms with van der Waals surface area (Å²) in [6.45, 7) is 4.20. The van der Waals surface area contributed by atoms with E-state index in [4.69, 9.17) is 16.7 Å². The zero-order valence-corrected chi connectivity index (χ0v) is 9.35. The first-order valence-electron chi connectivity index (χ1n) is 5.44. The van der Waals surface area contributed by atoms with Crippen LogP contribution in [0.4, 0.5) is 11.6 Å². The summed E-state index contributed by atoms with van der Waals surface area (Å²) >= 11 is 0. The van der Waals surface area contributed by atoms with E-state index in [-0.39, 0.29) is 6.04 Å². The summed E-state index contributed by atoms with van der Waals surface area (Å²) in [5.41, 5.74) is 12.2. The lowest BCUT2D eigenvalue weighted by atomic mass is 10.3. The van der Waals surface area contributed by atoms with E-state index in [2.05, 4.69) is 11.2 Å². The van der Waals surface area contributed by atoms with Gasteiger partial charge < -0.3 is 16.4 Å². The van der Waals surface area contributed by atoms with Gasteiger partial charge in [-0.05, 0) is 13.3 Å². The van der Waals surface area contributed by atoms with Crippen LogP contribution in [-0.2, 0) is 6.54 Å². The Balaban J connectivity index is 2.37. The molecule has 0 saturated carbocycles. The summed E-state index contributed by atoms with van der Waals surface area (Å²) in [5, 5.41) is 13.4. The number of aryl methyl sites for hydroxylation is 1. The highest BCUT2D eigenvalue weighted by Gasteiger charge is 2.26. The Morgan fingerprint density at radius 3 is 2.88 bits per heavy atom. The molecule has 0 aliphatic carbocycles. The van der Waals surface area contributed by atoms with Crippen LogP contribution < -0.4 is 16.4 Å². The fourth-order valence-corrected chi connectivity index (χ4v) is 2.01. The smallest absolute Gasteiger partial charge is 0.170 e. The van der Waals surface area contributed by atoms with Gasteiger partial charge in [-0.3, -0.25) is 0 Å². The van der Waals surface area contributed by atoms with Crippen LogP contribution in [0.15, 0.2) is 0 Å². The van der Waals surface area contributed by atoms with Crippen molar-refractivity contribution in [1.29, 1.82) is 5.26 Å². The second-order valence-corrected chi connectivity index (χ2v) is 4.01. The third-order valence-electron chi connectivity index (χ3n) is 2.91. The Hall–Kier alpha value is -1.74. The highest BCUT2D eigenvalue weighted by molar-refractivity contribution is 5.65. The fraction of sp³-hybridized carbons (Fsp3) is 0.600. The number of nitriles is 1. The van der Waals surface area contributed by atoms with E-state index < -0.39 is 0 Å². The zero-order valence-electron chi connectivity index (χ0n) is 9.35. The normalized spacial score (nSPS) is 20.1. The van der Waals surface area contributed by atoms with Crippen LogP contribution in [0.25, 0.3) is 0 Å². The minimum absolute atomic E-state index is 0.166. The molecule has 0 amide bonds. The molecule has 6 nitrogen and oxygen atoms in total.